The Morgan fingerprint density at radius 2 is 2.20 bits per heavy atom. The van der Waals surface area contributed by atoms with Crippen LogP contribution in [-0.4, -0.2) is 11.5 Å². The molecule has 1 N–H and O–H groups in total. The average molecular weight is 201 g/mol. The Labute approximate surface area is 90.1 Å². The van der Waals surface area contributed by atoms with Gasteiger partial charge in [-0.2, -0.15) is 5.26 Å². The van der Waals surface area contributed by atoms with E-state index < -0.39 is 0 Å². The summed E-state index contributed by atoms with van der Waals surface area (Å²) in [4.78, 5) is 4.18. The summed E-state index contributed by atoms with van der Waals surface area (Å²) in [7, 11) is 0. The van der Waals surface area contributed by atoms with Gasteiger partial charge in [-0.1, -0.05) is 12.8 Å². The lowest BCUT2D eigenvalue weighted by Gasteiger charge is -2.10. The van der Waals surface area contributed by atoms with Crippen LogP contribution >= 0.6 is 0 Å². The second-order valence-corrected chi connectivity index (χ2v) is 4.08. The molecule has 1 aromatic rings. The molecule has 3 heteroatoms. The Bertz CT molecular complexity index is 344. The maximum atomic E-state index is 8.62. The third-order valence-corrected chi connectivity index (χ3v) is 2.94. The quantitative estimate of drug-likeness (QED) is 0.817. The molecule has 0 spiro atoms. The Hall–Kier alpha value is -1.56. The van der Waals surface area contributed by atoms with Gasteiger partial charge in [-0.3, -0.25) is 0 Å². The van der Waals surface area contributed by atoms with Crippen LogP contribution in [0.15, 0.2) is 18.3 Å². The number of aromatic nitrogens is 1. The van der Waals surface area contributed by atoms with Crippen molar-refractivity contribution >= 4 is 5.82 Å². The minimum atomic E-state index is 0.612. The van der Waals surface area contributed by atoms with Crippen LogP contribution in [0.5, 0.6) is 0 Å². The molecule has 1 aromatic heterocycles. The number of nitriles is 1. The summed E-state index contributed by atoms with van der Waals surface area (Å²) in [5.74, 6) is 1.68. The molecule has 1 aliphatic carbocycles. The first kappa shape index (κ1) is 9.97. The molecular weight excluding hydrogens is 186 g/mol. The minimum Gasteiger partial charge on any atom is -0.370 e. The van der Waals surface area contributed by atoms with E-state index in [9.17, 15) is 0 Å². The lowest BCUT2D eigenvalue weighted by Crippen LogP contribution is -2.11. The molecular formula is C12H15N3. The van der Waals surface area contributed by atoms with Gasteiger partial charge in [0.1, 0.15) is 11.9 Å². The minimum absolute atomic E-state index is 0.612. The van der Waals surface area contributed by atoms with E-state index in [1.807, 2.05) is 6.07 Å². The number of rotatable bonds is 3. The topological polar surface area (TPSA) is 48.7 Å². The van der Waals surface area contributed by atoms with E-state index in [4.69, 9.17) is 5.26 Å². The number of pyridine rings is 1. The lowest BCUT2D eigenvalue weighted by atomic mass is 10.1. The van der Waals surface area contributed by atoms with Crippen molar-refractivity contribution in [3.63, 3.8) is 0 Å². The molecule has 0 amide bonds. The van der Waals surface area contributed by atoms with Crippen molar-refractivity contribution < 1.29 is 0 Å². The fraction of sp³-hybridized carbons (Fsp3) is 0.500. The molecule has 1 aliphatic rings. The van der Waals surface area contributed by atoms with Crippen molar-refractivity contribution in [2.24, 2.45) is 5.92 Å². The van der Waals surface area contributed by atoms with Gasteiger partial charge in [0.05, 0.1) is 5.56 Å². The zero-order valence-corrected chi connectivity index (χ0v) is 8.74. The molecule has 0 aromatic carbocycles. The van der Waals surface area contributed by atoms with Gasteiger partial charge >= 0.3 is 0 Å². The molecule has 1 heterocycles. The highest BCUT2D eigenvalue weighted by molar-refractivity contribution is 5.38. The van der Waals surface area contributed by atoms with Gasteiger partial charge in [-0.15, -0.1) is 0 Å². The van der Waals surface area contributed by atoms with E-state index in [0.717, 1.165) is 18.3 Å². The first-order valence-electron chi connectivity index (χ1n) is 5.48. The number of anilines is 1. The van der Waals surface area contributed by atoms with Gasteiger partial charge in [-0.25, -0.2) is 4.98 Å². The fourth-order valence-corrected chi connectivity index (χ4v) is 2.03. The van der Waals surface area contributed by atoms with Crippen molar-refractivity contribution in [1.29, 1.82) is 5.26 Å². The maximum absolute atomic E-state index is 8.62. The number of nitrogens with one attached hydrogen (secondary N) is 1. The standard InChI is InChI=1S/C12H15N3/c13-7-11-5-6-12(15-9-11)14-8-10-3-1-2-4-10/h5-6,9-10H,1-4,8H2,(H,14,15). The number of hydrogen-bond donors (Lipinski definition) is 1. The first-order chi connectivity index (χ1) is 7.38. The zero-order chi connectivity index (χ0) is 10.5. The molecule has 0 unspecified atom stereocenters. The largest absolute Gasteiger partial charge is 0.370 e. The van der Waals surface area contributed by atoms with Crippen LogP contribution in [0.1, 0.15) is 31.2 Å². The van der Waals surface area contributed by atoms with Gasteiger partial charge in [-0.05, 0) is 30.9 Å². The molecule has 2 rings (SSSR count). The summed E-state index contributed by atoms with van der Waals surface area (Å²) in [6.07, 6.45) is 7.02. The molecule has 1 saturated carbocycles. The third kappa shape index (κ3) is 2.69. The van der Waals surface area contributed by atoms with Crippen molar-refractivity contribution in [3.8, 4) is 6.07 Å². The first-order valence-corrected chi connectivity index (χ1v) is 5.48. The Kier molecular flexibility index (Phi) is 3.18. The second kappa shape index (κ2) is 4.79. The number of nitrogens with zero attached hydrogens (tertiary/aromatic N) is 2. The predicted molar refractivity (Wildman–Crippen MR) is 59.4 cm³/mol. The van der Waals surface area contributed by atoms with Gasteiger partial charge < -0.3 is 5.32 Å². The van der Waals surface area contributed by atoms with Crippen LogP contribution in [0.4, 0.5) is 5.82 Å². The molecule has 0 saturated heterocycles. The highest BCUT2D eigenvalue weighted by atomic mass is 15.0. The van der Waals surface area contributed by atoms with Gasteiger partial charge in [0.2, 0.25) is 0 Å². The summed E-state index contributed by atoms with van der Waals surface area (Å²) >= 11 is 0. The van der Waals surface area contributed by atoms with Crippen LogP contribution in [0.25, 0.3) is 0 Å². The molecule has 0 bridgehead atoms. The van der Waals surface area contributed by atoms with E-state index in [2.05, 4.69) is 16.4 Å². The Balaban J connectivity index is 1.85. The Morgan fingerprint density at radius 3 is 2.80 bits per heavy atom. The predicted octanol–water partition coefficient (Wildman–Crippen LogP) is 2.56. The summed E-state index contributed by atoms with van der Waals surface area (Å²) in [5, 5.41) is 11.9. The highest BCUT2D eigenvalue weighted by Crippen LogP contribution is 2.24. The molecule has 0 atom stereocenters. The average Bonchev–Trinajstić information content (AvgIpc) is 2.80. The van der Waals surface area contributed by atoms with Crippen LogP contribution in [0, 0.1) is 17.2 Å². The van der Waals surface area contributed by atoms with E-state index >= 15 is 0 Å². The summed E-state index contributed by atoms with van der Waals surface area (Å²) < 4.78 is 0. The van der Waals surface area contributed by atoms with Crippen LogP contribution < -0.4 is 5.32 Å². The SMILES string of the molecule is N#Cc1ccc(NCC2CCCC2)nc1. The van der Waals surface area contributed by atoms with E-state index in [1.54, 1.807) is 12.3 Å². The van der Waals surface area contributed by atoms with Crippen LogP contribution in [0.2, 0.25) is 0 Å². The fourth-order valence-electron chi connectivity index (χ4n) is 2.03. The van der Waals surface area contributed by atoms with Crippen LogP contribution in [-0.2, 0) is 0 Å². The van der Waals surface area contributed by atoms with Crippen molar-refractivity contribution in [1.82, 2.24) is 4.98 Å². The Morgan fingerprint density at radius 1 is 1.40 bits per heavy atom. The van der Waals surface area contributed by atoms with E-state index in [0.29, 0.717) is 5.56 Å². The van der Waals surface area contributed by atoms with E-state index in [1.165, 1.54) is 25.7 Å². The lowest BCUT2D eigenvalue weighted by molar-refractivity contribution is 0.579. The van der Waals surface area contributed by atoms with Crippen LogP contribution in [0.3, 0.4) is 0 Å². The summed E-state index contributed by atoms with van der Waals surface area (Å²) in [5.41, 5.74) is 0.612. The van der Waals surface area contributed by atoms with Gasteiger partial charge in [0.25, 0.3) is 0 Å². The second-order valence-electron chi connectivity index (χ2n) is 4.08. The smallest absolute Gasteiger partial charge is 0.125 e. The normalized spacial score (nSPS) is 16.2. The molecule has 78 valence electrons. The number of hydrogen-bond acceptors (Lipinski definition) is 3. The zero-order valence-electron chi connectivity index (χ0n) is 8.74. The van der Waals surface area contributed by atoms with Gasteiger partial charge in [0.15, 0.2) is 0 Å². The van der Waals surface area contributed by atoms with Crippen molar-refractivity contribution in [3.05, 3.63) is 23.9 Å². The molecule has 0 aliphatic heterocycles. The maximum Gasteiger partial charge on any atom is 0.125 e. The molecule has 0 radical (unpaired) electrons. The van der Waals surface area contributed by atoms with E-state index in [-0.39, 0.29) is 0 Å². The van der Waals surface area contributed by atoms with Crippen molar-refractivity contribution in [2.45, 2.75) is 25.7 Å². The molecule has 15 heavy (non-hydrogen) atoms. The summed E-state index contributed by atoms with van der Waals surface area (Å²) in [6, 6.07) is 5.73. The summed E-state index contributed by atoms with van der Waals surface area (Å²) in [6.45, 7) is 1.01. The third-order valence-electron chi connectivity index (χ3n) is 2.94. The molecule has 1 fully saturated rings. The molecule has 3 nitrogen and oxygen atoms in total. The van der Waals surface area contributed by atoms with Gasteiger partial charge in [0, 0.05) is 12.7 Å². The highest BCUT2D eigenvalue weighted by Gasteiger charge is 2.14. The monoisotopic (exact) mass is 201 g/mol. The van der Waals surface area contributed by atoms with Crippen molar-refractivity contribution in [2.75, 3.05) is 11.9 Å².